The number of nitrogens with zero attached hydrogens (tertiary/aromatic N) is 4. The number of fused-ring (bicyclic) bond motifs is 2. The first-order valence-corrected chi connectivity index (χ1v) is 11.2. The molecule has 12 heteroatoms. The van der Waals surface area contributed by atoms with Gasteiger partial charge in [0.1, 0.15) is 11.7 Å². The monoisotopic (exact) mass is 511 g/mol. The third kappa shape index (κ3) is 5.32. The molecule has 0 saturated carbocycles. The van der Waals surface area contributed by atoms with Crippen molar-refractivity contribution in [2.75, 3.05) is 13.3 Å². The normalized spacial score (nSPS) is 12.9. The number of rotatable bonds is 7. The van der Waals surface area contributed by atoms with Gasteiger partial charge in [0, 0.05) is 12.6 Å². The minimum absolute atomic E-state index is 0.0668. The van der Waals surface area contributed by atoms with Gasteiger partial charge in [-0.3, -0.25) is 14.2 Å². The van der Waals surface area contributed by atoms with Gasteiger partial charge in [-0.2, -0.15) is 18.3 Å². The van der Waals surface area contributed by atoms with Crippen LogP contribution in [0.25, 0.3) is 17.1 Å². The van der Waals surface area contributed by atoms with Crippen LogP contribution in [-0.2, 0) is 24.1 Å². The lowest BCUT2D eigenvalue weighted by Crippen LogP contribution is -2.26. The van der Waals surface area contributed by atoms with Crippen molar-refractivity contribution in [1.29, 1.82) is 0 Å². The molecule has 0 fully saturated rings. The van der Waals surface area contributed by atoms with Crippen molar-refractivity contribution in [2.24, 2.45) is 0 Å². The number of hydrogen-bond donors (Lipinski definition) is 1. The molecule has 1 aliphatic heterocycles. The number of carbonyl (C=O) groups excluding carboxylic acids is 1. The Balaban J connectivity index is 1.21. The zero-order valence-electron chi connectivity index (χ0n) is 19.2. The van der Waals surface area contributed by atoms with Crippen LogP contribution in [0.2, 0.25) is 0 Å². The molecule has 0 aliphatic carbocycles. The predicted molar refractivity (Wildman–Crippen MR) is 127 cm³/mol. The molecule has 2 aromatic carbocycles. The van der Waals surface area contributed by atoms with E-state index in [0.29, 0.717) is 22.7 Å². The third-order valence-electron chi connectivity index (χ3n) is 5.68. The molecule has 0 spiro atoms. The third-order valence-corrected chi connectivity index (χ3v) is 5.68. The van der Waals surface area contributed by atoms with E-state index in [2.05, 4.69) is 15.4 Å². The molecule has 4 aromatic rings. The minimum Gasteiger partial charge on any atom is -0.454 e. The SMILES string of the molecule is O=C(/C=C/c1ccc2c(c1)OCO2)NCCn1ncc2c(=O)n(Cc3cccc(C(F)(F)F)c3)cnc21. The summed E-state index contributed by atoms with van der Waals surface area (Å²) < 4.78 is 52.2. The van der Waals surface area contributed by atoms with Gasteiger partial charge in [-0.25, -0.2) is 9.67 Å². The Morgan fingerprint density at radius 3 is 2.81 bits per heavy atom. The van der Waals surface area contributed by atoms with Crippen LogP contribution in [0.1, 0.15) is 16.7 Å². The lowest BCUT2D eigenvalue weighted by molar-refractivity contribution is -0.137. The molecular formula is C25H20F3N5O4. The molecule has 0 bridgehead atoms. The van der Waals surface area contributed by atoms with Gasteiger partial charge < -0.3 is 14.8 Å². The van der Waals surface area contributed by atoms with Gasteiger partial charge in [0.25, 0.3) is 5.56 Å². The quantitative estimate of drug-likeness (QED) is 0.383. The Labute approximate surface area is 207 Å². The average Bonchev–Trinajstić information content (AvgIpc) is 3.51. The van der Waals surface area contributed by atoms with E-state index in [1.54, 1.807) is 24.3 Å². The van der Waals surface area contributed by atoms with Gasteiger partial charge in [-0.05, 0) is 41.5 Å². The fourth-order valence-electron chi connectivity index (χ4n) is 3.85. The number of ether oxygens (including phenoxy) is 2. The largest absolute Gasteiger partial charge is 0.454 e. The highest BCUT2D eigenvalue weighted by Gasteiger charge is 2.30. The van der Waals surface area contributed by atoms with Crippen LogP contribution in [0.4, 0.5) is 13.2 Å². The molecule has 0 atom stereocenters. The van der Waals surface area contributed by atoms with Gasteiger partial charge >= 0.3 is 6.18 Å². The topological polar surface area (TPSA) is 100 Å². The Kier molecular flexibility index (Phi) is 6.38. The van der Waals surface area contributed by atoms with Crippen molar-refractivity contribution in [3.8, 4) is 11.5 Å². The molecule has 0 unspecified atom stereocenters. The minimum atomic E-state index is -4.47. The molecule has 2 aromatic heterocycles. The summed E-state index contributed by atoms with van der Waals surface area (Å²) in [5, 5.41) is 7.14. The Morgan fingerprint density at radius 1 is 1.14 bits per heavy atom. The van der Waals surface area contributed by atoms with Gasteiger partial charge in [0.2, 0.25) is 12.7 Å². The molecule has 3 heterocycles. The summed E-state index contributed by atoms with van der Waals surface area (Å²) in [6.45, 7) is 0.597. The zero-order chi connectivity index (χ0) is 26.0. The number of amides is 1. The highest BCUT2D eigenvalue weighted by atomic mass is 19.4. The maximum atomic E-state index is 13.0. The number of benzene rings is 2. The molecule has 190 valence electrons. The lowest BCUT2D eigenvalue weighted by Gasteiger charge is -2.10. The standard InChI is InChI=1S/C25H20F3N5O4/c26-25(27,28)18-3-1-2-17(10-18)13-32-14-30-23-19(24(32)35)12-31-33(23)9-8-29-22(34)7-5-16-4-6-20-21(11-16)37-15-36-20/h1-7,10-12,14H,8-9,13,15H2,(H,29,34)/b7-5+. The molecule has 0 radical (unpaired) electrons. The molecule has 1 N–H and O–H groups in total. The summed E-state index contributed by atoms with van der Waals surface area (Å²) >= 11 is 0. The first-order chi connectivity index (χ1) is 17.8. The second kappa shape index (κ2) is 9.80. The van der Waals surface area contributed by atoms with Crippen LogP contribution in [0, 0.1) is 0 Å². The second-order valence-corrected chi connectivity index (χ2v) is 8.22. The van der Waals surface area contributed by atoms with E-state index in [-0.39, 0.29) is 37.7 Å². The Hall–Kier alpha value is -4.61. The fraction of sp³-hybridized carbons (Fsp3) is 0.200. The van der Waals surface area contributed by atoms with Crippen molar-refractivity contribution in [1.82, 2.24) is 24.6 Å². The molecule has 1 aliphatic rings. The molecule has 0 saturated heterocycles. The summed E-state index contributed by atoms with van der Waals surface area (Å²) in [6.07, 6.45) is 1.20. The van der Waals surface area contributed by atoms with E-state index in [1.807, 2.05) is 0 Å². The molecule has 1 amide bonds. The average molecular weight is 511 g/mol. The van der Waals surface area contributed by atoms with E-state index >= 15 is 0 Å². The van der Waals surface area contributed by atoms with E-state index in [0.717, 1.165) is 17.7 Å². The second-order valence-electron chi connectivity index (χ2n) is 8.22. The van der Waals surface area contributed by atoms with Gasteiger partial charge in [0.15, 0.2) is 17.1 Å². The zero-order valence-corrected chi connectivity index (χ0v) is 19.2. The number of halogens is 3. The van der Waals surface area contributed by atoms with Crippen molar-refractivity contribution >= 4 is 23.0 Å². The van der Waals surface area contributed by atoms with Gasteiger partial charge in [-0.15, -0.1) is 0 Å². The Bertz CT molecular complexity index is 1560. The molecule has 37 heavy (non-hydrogen) atoms. The highest BCUT2D eigenvalue weighted by Crippen LogP contribution is 2.33. The van der Waals surface area contributed by atoms with Crippen molar-refractivity contribution < 1.29 is 27.4 Å². The number of nitrogens with one attached hydrogen (secondary N) is 1. The van der Waals surface area contributed by atoms with Gasteiger partial charge in [-0.1, -0.05) is 18.2 Å². The number of alkyl halides is 3. The van der Waals surface area contributed by atoms with Crippen LogP contribution in [0.3, 0.4) is 0 Å². The van der Waals surface area contributed by atoms with Crippen LogP contribution >= 0.6 is 0 Å². The lowest BCUT2D eigenvalue weighted by atomic mass is 10.1. The molecular weight excluding hydrogens is 491 g/mol. The summed E-state index contributed by atoms with van der Waals surface area (Å²) in [7, 11) is 0. The maximum Gasteiger partial charge on any atom is 0.416 e. The van der Waals surface area contributed by atoms with E-state index < -0.39 is 17.3 Å². The predicted octanol–water partition coefficient (Wildman–Crippen LogP) is 3.22. The van der Waals surface area contributed by atoms with Crippen LogP contribution < -0.4 is 20.3 Å². The highest BCUT2D eigenvalue weighted by molar-refractivity contribution is 5.91. The number of carbonyl (C=O) groups is 1. The van der Waals surface area contributed by atoms with E-state index in [1.165, 1.54) is 40.0 Å². The van der Waals surface area contributed by atoms with E-state index in [9.17, 15) is 22.8 Å². The smallest absolute Gasteiger partial charge is 0.416 e. The van der Waals surface area contributed by atoms with Crippen LogP contribution in [0.5, 0.6) is 11.5 Å². The van der Waals surface area contributed by atoms with Crippen molar-refractivity contribution in [2.45, 2.75) is 19.3 Å². The summed E-state index contributed by atoms with van der Waals surface area (Å²) in [6, 6.07) is 10.1. The Morgan fingerprint density at radius 2 is 1.97 bits per heavy atom. The number of aromatic nitrogens is 4. The van der Waals surface area contributed by atoms with Crippen molar-refractivity contribution in [3.05, 3.63) is 88.1 Å². The molecule has 5 rings (SSSR count). The van der Waals surface area contributed by atoms with Crippen LogP contribution in [-0.4, -0.2) is 38.6 Å². The van der Waals surface area contributed by atoms with Crippen LogP contribution in [0.15, 0.2) is 65.9 Å². The molecule has 9 nitrogen and oxygen atoms in total. The number of hydrogen-bond acceptors (Lipinski definition) is 6. The fourth-order valence-corrected chi connectivity index (χ4v) is 3.85. The summed E-state index contributed by atoms with van der Waals surface area (Å²) in [5.74, 6) is 0.962. The first kappa shape index (κ1) is 24.1. The maximum absolute atomic E-state index is 13.0. The summed E-state index contributed by atoms with van der Waals surface area (Å²) in [5.41, 5.74) is 0.206. The van der Waals surface area contributed by atoms with Crippen molar-refractivity contribution in [3.63, 3.8) is 0 Å². The summed E-state index contributed by atoms with van der Waals surface area (Å²) in [4.78, 5) is 29.3. The van der Waals surface area contributed by atoms with E-state index in [4.69, 9.17) is 9.47 Å². The first-order valence-electron chi connectivity index (χ1n) is 11.2. The van der Waals surface area contributed by atoms with Gasteiger partial charge in [0.05, 0.1) is 24.8 Å².